The van der Waals surface area contributed by atoms with Crippen LogP contribution in [0.25, 0.3) is 0 Å². The quantitative estimate of drug-likeness (QED) is 0.547. The largest absolute Gasteiger partial charge is 0.380 e. The Morgan fingerprint density at radius 1 is 1.11 bits per heavy atom. The van der Waals surface area contributed by atoms with Crippen molar-refractivity contribution in [2.45, 2.75) is 51.3 Å². The normalized spacial score (nSPS) is 15.4. The van der Waals surface area contributed by atoms with Gasteiger partial charge in [0.15, 0.2) is 5.96 Å². The van der Waals surface area contributed by atoms with E-state index in [2.05, 4.69) is 46.5 Å². The summed E-state index contributed by atoms with van der Waals surface area (Å²) in [7, 11) is 3.89. The fourth-order valence-corrected chi connectivity index (χ4v) is 3.79. The Morgan fingerprint density at radius 2 is 1.82 bits per heavy atom. The summed E-state index contributed by atoms with van der Waals surface area (Å²) in [6.07, 6.45) is 6.68. The molecule has 1 aliphatic carbocycles. The molecule has 0 aliphatic heterocycles. The predicted octanol–water partition coefficient (Wildman–Crippen LogP) is 4.53. The maximum absolute atomic E-state index is 6.08. The second-order valence-electron chi connectivity index (χ2n) is 7.49. The maximum Gasteiger partial charge on any atom is 0.193 e. The second kappa shape index (κ2) is 10.1. The molecular weight excluding hydrogens is 348 g/mol. The molecule has 5 heteroatoms. The molecular formula is C23H32N4O. The summed E-state index contributed by atoms with van der Waals surface area (Å²) in [4.78, 5) is 6.91. The lowest BCUT2D eigenvalue weighted by Gasteiger charge is -2.33. The number of benzene rings is 2. The highest BCUT2D eigenvalue weighted by Gasteiger charge is 2.18. The fraction of sp³-hybridized carbons (Fsp3) is 0.435. The average molecular weight is 381 g/mol. The molecule has 0 aromatic heterocycles. The number of nitrogens with zero attached hydrogens (tertiary/aromatic N) is 2. The van der Waals surface area contributed by atoms with Crippen molar-refractivity contribution in [1.82, 2.24) is 0 Å². The Kier molecular flexibility index (Phi) is 7.31. The van der Waals surface area contributed by atoms with Crippen LogP contribution in [0, 0.1) is 0 Å². The van der Waals surface area contributed by atoms with E-state index in [0.29, 0.717) is 25.2 Å². The number of para-hydroxylation sites is 1. The first kappa shape index (κ1) is 20.2. The van der Waals surface area contributed by atoms with Crippen molar-refractivity contribution in [1.29, 1.82) is 0 Å². The van der Waals surface area contributed by atoms with Gasteiger partial charge in [-0.3, -0.25) is 0 Å². The summed E-state index contributed by atoms with van der Waals surface area (Å²) in [5.41, 5.74) is 10.5. The van der Waals surface area contributed by atoms with Crippen molar-refractivity contribution in [3.8, 4) is 0 Å². The molecule has 0 saturated heterocycles. The molecule has 3 N–H and O–H groups in total. The standard InChI is InChI=1S/C23H32N4O/c1-27(20-9-4-3-5-10-20)21-14-12-18(13-15-21)16-25-23(24)26-22-11-7-6-8-19(22)17-28-2/h6-8,11-15,20H,3-5,9-10,16-17H2,1-2H3,(H3,24,25,26). The Bertz CT molecular complexity index is 766. The number of nitrogens with two attached hydrogens (primary N) is 1. The fourth-order valence-electron chi connectivity index (χ4n) is 3.79. The first-order valence-corrected chi connectivity index (χ1v) is 10.1. The van der Waals surface area contributed by atoms with Gasteiger partial charge in [0.05, 0.1) is 13.2 Å². The highest BCUT2D eigenvalue weighted by atomic mass is 16.5. The van der Waals surface area contributed by atoms with Gasteiger partial charge in [-0.05, 0) is 36.6 Å². The van der Waals surface area contributed by atoms with E-state index in [1.54, 1.807) is 7.11 Å². The maximum atomic E-state index is 6.08. The van der Waals surface area contributed by atoms with Crippen LogP contribution in [0.4, 0.5) is 11.4 Å². The van der Waals surface area contributed by atoms with Crippen LogP contribution in [0.2, 0.25) is 0 Å². The summed E-state index contributed by atoms with van der Waals surface area (Å²) < 4.78 is 5.23. The topological polar surface area (TPSA) is 62.9 Å². The van der Waals surface area contributed by atoms with Crippen LogP contribution in [0.15, 0.2) is 53.5 Å². The zero-order valence-electron chi connectivity index (χ0n) is 17.0. The minimum absolute atomic E-state index is 0.409. The summed E-state index contributed by atoms with van der Waals surface area (Å²) in [5, 5.41) is 3.18. The smallest absolute Gasteiger partial charge is 0.193 e. The van der Waals surface area contributed by atoms with Crippen LogP contribution >= 0.6 is 0 Å². The summed E-state index contributed by atoms with van der Waals surface area (Å²) in [6, 6.07) is 17.3. The van der Waals surface area contributed by atoms with E-state index in [4.69, 9.17) is 10.5 Å². The van der Waals surface area contributed by atoms with Gasteiger partial charge < -0.3 is 20.7 Å². The molecule has 0 unspecified atom stereocenters. The van der Waals surface area contributed by atoms with Gasteiger partial charge in [0.25, 0.3) is 0 Å². The molecule has 3 rings (SSSR count). The van der Waals surface area contributed by atoms with Crippen LogP contribution in [0.5, 0.6) is 0 Å². The lowest BCUT2D eigenvalue weighted by Crippen LogP contribution is -2.33. The third-order valence-electron chi connectivity index (χ3n) is 5.48. The number of anilines is 2. The van der Waals surface area contributed by atoms with Gasteiger partial charge in [-0.2, -0.15) is 0 Å². The number of hydrogen-bond acceptors (Lipinski definition) is 3. The lowest BCUT2D eigenvalue weighted by molar-refractivity contribution is 0.185. The first-order valence-electron chi connectivity index (χ1n) is 10.1. The first-order chi connectivity index (χ1) is 13.7. The number of hydrogen-bond donors (Lipinski definition) is 2. The Morgan fingerprint density at radius 3 is 2.54 bits per heavy atom. The number of ether oxygens (including phenoxy) is 1. The molecule has 1 saturated carbocycles. The molecule has 2 aromatic rings. The molecule has 150 valence electrons. The van der Waals surface area contributed by atoms with Crippen LogP contribution in [0.3, 0.4) is 0 Å². The molecule has 0 atom stereocenters. The predicted molar refractivity (Wildman–Crippen MR) is 118 cm³/mol. The van der Waals surface area contributed by atoms with E-state index < -0.39 is 0 Å². The Balaban J connectivity index is 1.58. The van der Waals surface area contributed by atoms with E-state index in [0.717, 1.165) is 16.8 Å². The molecule has 5 nitrogen and oxygen atoms in total. The molecule has 0 heterocycles. The highest BCUT2D eigenvalue weighted by Crippen LogP contribution is 2.26. The SMILES string of the molecule is COCc1ccccc1NC(N)=NCc1ccc(N(C)C2CCCCC2)cc1. The minimum Gasteiger partial charge on any atom is -0.380 e. The van der Waals surface area contributed by atoms with Crippen molar-refractivity contribution in [3.63, 3.8) is 0 Å². The van der Waals surface area contributed by atoms with Crippen LogP contribution in [-0.4, -0.2) is 26.2 Å². The molecule has 0 amide bonds. The van der Waals surface area contributed by atoms with Crippen molar-refractivity contribution >= 4 is 17.3 Å². The molecule has 1 fully saturated rings. The third kappa shape index (κ3) is 5.49. The summed E-state index contributed by atoms with van der Waals surface area (Å²) in [6.45, 7) is 1.09. The summed E-state index contributed by atoms with van der Waals surface area (Å²) >= 11 is 0. The summed E-state index contributed by atoms with van der Waals surface area (Å²) in [5.74, 6) is 0.409. The molecule has 28 heavy (non-hydrogen) atoms. The molecule has 2 aromatic carbocycles. The monoisotopic (exact) mass is 380 g/mol. The van der Waals surface area contributed by atoms with Gasteiger partial charge in [0.1, 0.15) is 0 Å². The zero-order valence-corrected chi connectivity index (χ0v) is 17.0. The van der Waals surface area contributed by atoms with Gasteiger partial charge in [-0.15, -0.1) is 0 Å². The second-order valence-corrected chi connectivity index (χ2v) is 7.49. The van der Waals surface area contributed by atoms with E-state index in [-0.39, 0.29) is 0 Å². The van der Waals surface area contributed by atoms with Crippen LogP contribution < -0.4 is 16.0 Å². The molecule has 0 bridgehead atoms. The van der Waals surface area contributed by atoms with Crippen LogP contribution in [-0.2, 0) is 17.9 Å². The molecule has 0 spiro atoms. The van der Waals surface area contributed by atoms with Crippen molar-refractivity contribution < 1.29 is 4.74 Å². The minimum atomic E-state index is 0.409. The van der Waals surface area contributed by atoms with Crippen LogP contribution in [0.1, 0.15) is 43.2 Å². The zero-order chi connectivity index (χ0) is 19.8. The van der Waals surface area contributed by atoms with Gasteiger partial charge in [0.2, 0.25) is 0 Å². The van der Waals surface area contributed by atoms with E-state index in [1.165, 1.54) is 37.8 Å². The van der Waals surface area contributed by atoms with E-state index in [9.17, 15) is 0 Å². The number of aliphatic imine (C=N–C) groups is 1. The molecule has 0 radical (unpaired) electrons. The molecule has 1 aliphatic rings. The van der Waals surface area contributed by atoms with Gasteiger partial charge in [-0.1, -0.05) is 49.6 Å². The van der Waals surface area contributed by atoms with Crippen molar-refractivity contribution in [3.05, 3.63) is 59.7 Å². The van der Waals surface area contributed by atoms with Crippen molar-refractivity contribution in [2.24, 2.45) is 10.7 Å². The number of guanidine groups is 1. The van der Waals surface area contributed by atoms with E-state index >= 15 is 0 Å². The van der Waals surface area contributed by atoms with Gasteiger partial charge >= 0.3 is 0 Å². The highest BCUT2D eigenvalue weighted by molar-refractivity contribution is 5.92. The number of nitrogens with one attached hydrogen (secondary N) is 1. The number of rotatable bonds is 7. The van der Waals surface area contributed by atoms with Gasteiger partial charge in [-0.25, -0.2) is 4.99 Å². The third-order valence-corrected chi connectivity index (χ3v) is 5.48. The lowest BCUT2D eigenvalue weighted by atomic mass is 9.94. The van der Waals surface area contributed by atoms with Gasteiger partial charge in [0, 0.05) is 37.1 Å². The van der Waals surface area contributed by atoms with Crippen molar-refractivity contribution in [2.75, 3.05) is 24.4 Å². The van der Waals surface area contributed by atoms with E-state index in [1.807, 2.05) is 24.3 Å². The Labute approximate surface area is 168 Å². The number of methoxy groups -OCH3 is 1. The average Bonchev–Trinajstić information content (AvgIpc) is 2.74. The Hall–Kier alpha value is -2.53.